The molecule has 0 saturated carbocycles. The monoisotopic (exact) mass is 210 g/mol. The number of hydrogen-bond donors (Lipinski definition) is 0. The summed E-state index contributed by atoms with van der Waals surface area (Å²) >= 11 is 6.11. The highest BCUT2D eigenvalue weighted by Crippen LogP contribution is 2.33. The fraction of sp³-hybridized carbons (Fsp3) is 1.00. The molecule has 0 aromatic heterocycles. The Labute approximate surface area is 79.2 Å². The fourth-order valence-electron chi connectivity index (χ4n) is 1.58. The van der Waals surface area contributed by atoms with Crippen molar-refractivity contribution in [2.24, 2.45) is 5.92 Å². The van der Waals surface area contributed by atoms with Gasteiger partial charge in [-0.3, -0.25) is 0 Å². The fourth-order valence-corrected chi connectivity index (χ4v) is 3.29. The Morgan fingerprint density at radius 3 is 2.00 bits per heavy atom. The predicted octanol–water partition coefficient (Wildman–Crippen LogP) is 1.83. The van der Waals surface area contributed by atoms with Crippen LogP contribution in [0.5, 0.6) is 0 Å². The van der Waals surface area contributed by atoms with Crippen molar-refractivity contribution in [3.8, 4) is 0 Å². The summed E-state index contributed by atoms with van der Waals surface area (Å²) in [6, 6.07) is 0. The molecule has 0 atom stereocenters. The molecule has 2 nitrogen and oxygen atoms in total. The molecule has 0 spiro atoms. The van der Waals surface area contributed by atoms with Crippen LogP contribution in [-0.2, 0) is 9.84 Å². The van der Waals surface area contributed by atoms with Crippen molar-refractivity contribution >= 4 is 21.4 Å². The Kier molecular flexibility index (Phi) is 2.74. The third kappa shape index (κ3) is 2.63. The summed E-state index contributed by atoms with van der Waals surface area (Å²) in [6.45, 7) is 3.91. The average Bonchev–Trinajstić information content (AvgIpc) is 1.83. The van der Waals surface area contributed by atoms with E-state index >= 15 is 0 Å². The zero-order chi connectivity index (χ0) is 9.41. The number of alkyl halides is 1. The highest BCUT2D eigenvalue weighted by atomic mass is 35.5. The quantitative estimate of drug-likeness (QED) is 0.619. The molecule has 1 saturated heterocycles. The molecule has 0 aromatic rings. The normalized spacial score (nSPS) is 25.6. The van der Waals surface area contributed by atoms with E-state index in [1.54, 1.807) is 0 Å². The largest absolute Gasteiger partial charge is 0.229 e. The van der Waals surface area contributed by atoms with Crippen LogP contribution in [0.1, 0.15) is 26.7 Å². The van der Waals surface area contributed by atoms with Crippen LogP contribution in [0.4, 0.5) is 0 Å². The molecule has 4 heteroatoms. The zero-order valence-electron chi connectivity index (χ0n) is 7.51. The Balaban J connectivity index is 2.58. The molecule has 0 amide bonds. The average molecular weight is 211 g/mol. The summed E-state index contributed by atoms with van der Waals surface area (Å²) in [5, 5.41) is 0. The molecule has 1 rings (SSSR count). The molecule has 0 unspecified atom stereocenters. The first kappa shape index (κ1) is 10.3. The van der Waals surface area contributed by atoms with E-state index in [0.29, 0.717) is 17.4 Å². The maximum absolute atomic E-state index is 11.1. The summed E-state index contributed by atoms with van der Waals surface area (Å²) in [4.78, 5) is -0.254. The first-order chi connectivity index (χ1) is 5.31. The summed E-state index contributed by atoms with van der Waals surface area (Å²) in [5.74, 6) is 0.976. The van der Waals surface area contributed by atoms with Crippen LogP contribution in [0.15, 0.2) is 0 Å². The van der Waals surface area contributed by atoms with E-state index < -0.39 is 9.84 Å². The highest BCUT2D eigenvalue weighted by molar-refractivity contribution is 7.91. The van der Waals surface area contributed by atoms with E-state index in [-0.39, 0.29) is 4.87 Å². The summed E-state index contributed by atoms with van der Waals surface area (Å²) in [5.41, 5.74) is 0. The van der Waals surface area contributed by atoms with Crippen molar-refractivity contribution in [3.05, 3.63) is 0 Å². The van der Waals surface area contributed by atoms with E-state index in [1.165, 1.54) is 0 Å². The van der Waals surface area contributed by atoms with Crippen LogP contribution in [0.2, 0.25) is 0 Å². The third-order valence-electron chi connectivity index (χ3n) is 2.53. The molecule has 1 fully saturated rings. The van der Waals surface area contributed by atoms with Gasteiger partial charge in [0.25, 0.3) is 0 Å². The molecule has 0 radical (unpaired) electrons. The summed E-state index contributed by atoms with van der Waals surface area (Å²) < 4.78 is 22.2. The molecule has 1 aliphatic rings. The third-order valence-corrected chi connectivity index (χ3v) is 4.55. The number of hydrogen-bond acceptors (Lipinski definition) is 2. The molecule has 1 aliphatic heterocycles. The molecular formula is C8H15ClO2S. The minimum Gasteiger partial charge on any atom is -0.229 e. The molecule has 0 N–H and O–H groups in total. The standard InChI is InChI=1S/C8H15ClO2S/c1-8(2,9)7-3-5-12(10,11)6-4-7/h7H,3-6H2,1-2H3. The molecule has 0 bridgehead atoms. The van der Waals surface area contributed by atoms with Gasteiger partial charge in [0.15, 0.2) is 0 Å². The molecule has 0 aliphatic carbocycles. The van der Waals surface area contributed by atoms with Gasteiger partial charge in [-0.25, -0.2) is 8.42 Å². The van der Waals surface area contributed by atoms with Crippen LogP contribution in [-0.4, -0.2) is 24.8 Å². The number of rotatable bonds is 1. The van der Waals surface area contributed by atoms with Gasteiger partial charge in [0.1, 0.15) is 9.84 Å². The van der Waals surface area contributed by atoms with Crippen molar-refractivity contribution in [2.45, 2.75) is 31.6 Å². The lowest BCUT2D eigenvalue weighted by molar-refractivity contribution is 0.378. The highest BCUT2D eigenvalue weighted by Gasteiger charge is 2.32. The van der Waals surface area contributed by atoms with Gasteiger partial charge in [0.05, 0.1) is 11.5 Å². The predicted molar refractivity (Wildman–Crippen MR) is 51.3 cm³/mol. The van der Waals surface area contributed by atoms with Crippen LogP contribution in [0.25, 0.3) is 0 Å². The van der Waals surface area contributed by atoms with E-state index in [0.717, 1.165) is 12.8 Å². The first-order valence-electron chi connectivity index (χ1n) is 4.20. The Bertz CT molecular complexity index is 237. The maximum Gasteiger partial charge on any atom is 0.150 e. The summed E-state index contributed by atoms with van der Waals surface area (Å²) in [6.07, 6.45) is 1.44. The van der Waals surface area contributed by atoms with Gasteiger partial charge in [-0.2, -0.15) is 0 Å². The topological polar surface area (TPSA) is 34.1 Å². The molecule has 0 aromatic carbocycles. The van der Waals surface area contributed by atoms with Gasteiger partial charge >= 0.3 is 0 Å². The van der Waals surface area contributed by atoms with Crippen LogP contribution in [0.3, 0.4) is 0 Å². The van der Waals surface area contributed by atoms with E-state index in [9.17, 15) is 8.42 Å². The van der Waals surface area contributed by atoms with Crippen LogP contribution < -0.4 is 0 Å². The molecular weight excluding hydrogens is 196 g/mol. The first-order valence-corrected chi connectivity index (χ1v) is 6.40. The lowest BCUT2D eigenvalue weighted by Crippen LogP contribution is -2.33. The van der Waals surface area contributed by atoms with Gasteiger partial charge in [-0.05, 0) is 32.6 Å². The van der Waals surface area contributed by atoms with Gasteiger partial charge in [-0.15, -0.1) is 11.6 Å². The van der Waals surface area contributed by atoms with Crippen molar-refractivity contribution in [1.82, 2.24) is 0 Å². The zero-order valence-corrected chi connectivity index (χ0v) is 9.08. The Morgan fingerprint density at radius 1 is 1.25 bits per heavy atom. The maximum atomic E-state index is 11.1. The molecule has 1 heterocycles. The minimum absolute atomic E-state index is 0.254. The van der Waals surface area contributed by atoms with Crippen LogP contribution >= 0.6 is 11.6 Å². The SMILES string of the molecule is CC(C)(Cl)C1CCS(=O)(=O)CC1. The van der Waals surface area contributed by atoms with Gasteiger partial charge in [0.2, 0.25) is 0 Å². The summed E-state index contributed by atoms with van der Waals surface area (Å²) in [7, 11) is -2.73. The van der Waals surface area contributed by atoms with Gasteiger partial charge < -0.3 is 0 Å². The van der Waals surface area contributed by atoms with E-state index in [1.807, 2.05) is 13.8 Å². The number of sulfone groups is 1. The molecule has 12 heavy (non-hydrogen) atoms. The van der Waals surface area contributed by atoms with Crippen molar-refractivity contribution < 1.29 is 8.42 Å². The Hall–Kier alpha value is 0.240. The van der Waals surface area contributed by atoms with Crippen molar-refractivity contribution in [1.29, 1.82) is 0 Å². The van der Waals surface area contributed by atoms with Gasteiger partial charge in [-0.1, -0.05) is 0 Å². The van der Waals surface area contributed by atoms with E-state index in [4.69, 9.17) is 11.6 Å². The van der Waals surface area contributed by atoms with Gasteiger partial charge in [0, 0.05) is 4.87 Å². The smallest absolute Gasteiger partial charge is 0.150 e. The van der Waals surface area contributed by atoms with Crippen molar-refractivity contribution in [3.63, 3.8) is 0 Å². The second-order valence-electron chi connectivity index (χ2n) is 3.99. The lowest BCUT2D eigenvalue weighted by atomic mass is 9.90. The Morgan fingerprint density at radius 2 is 1.67 bits per heavy atom. The van der Waals surface area contributed by atoms with Crippen LogP contribution in [0, 0.1) is 5.92 Å². The second kappa shape index (κ2) is 3.18. The molecule has 72 valence electrons. The van der Waals surface area contributed by atoms with E-state index in [2.05, 4.69) is 0 Å². The van der Waals surface area contributed by atoms with Crippen molar-refractivity contribution in [2.75, 3.05) is 11.5 Å². The number of halogens is 1. The second-order valence-corrected chi connectivity index (χ2v) is 7.27. The lowest BCUT2D eigenvalue weighted by Gasteiger charge is -2.31. The minimum atomic E-state index is -2.73.